The van der Waals surface area contributed by atoms with E-state index in [4.69, 9.17) is 17.3 Å². The van der Waals surface area contributed by atoms with Crippen LogP contribution < -0.4 is 10.5 Å². The molecule has 0 aliphatic carbocycles. The van der Waals surface area contributed by atoms with Gasteiger partial charge in [0.25, 0.3) is 0 Å². The van der Waals surface area contributed by atoms with Crippen LogP contribution in [0.15, 0.2) is 42.5 Å². The molecule has 3 N–H and O–H groups in total. The smallest absolute Gasteiger partial charge is 0.236 e. The van der Waals surface area contributed by atoms with Crippen LogP contribution in [0.25, 0.3) is 0 Å². The number of anilines is 2. The Hall–Kier alpha value is -1.72. The molecular weight excluding hydrogens is 296 g/mol. The molecule has 0 atom stereocenters. The van der Waals surface area contributed by atoms with Gasteiger partial charge >= 0.3 is 0 Å². The Kier molecular flexibility index (Phi) is 4.20. The van der Waals surface area contributed by atoms with Gasteiger partial charge in [-0.05, 0) is 42.3 Å². The lowest BCUT2D eigenvalue weighted by atomic mass is 10.2. The third kappa shape index (κ3) is 3.88. The van der Waals surface area contributed by atoms with E-state index >= 15 is 0 Å². The fourth-order valence-corrected chi connectivity index (χ4v) is 3.29. The van der Waals surface area contributed by atoms with Crippen molar-refractivity contribution >= 4 is 33.0 Å². The fraction of sp³-hybridized carbons (Fsp3) is 0.143. The molecule has 106 valence electrons. The summed E-state index contributed by atoms with van der Waals surface area (Å²) in [5, 5.41) is 0.380. The molecule has 0 aliphatic heterocycles. The SMILES string of the molecule is Cc1ccc(NS(=O)(=O)Cc2ccc(N)cc2)c(Cl)c1. The molecule has 2 aromatic rings. The maximum absolute atomic E-state index is 12.1. The van der Waals surface area contributed by atoms with Crippen molar-refractivity contribution in [2.75, 3.05) is 10.5 Å². The van der Waals surface area contributed by atoms with Crippen molar-refractivity contribution in [1.29, 1.82) is 0 Å². The minimum absolute atomic E-state index is 0.127. The lowest BCUT2D eigenvalue weighted by Crippen LogP contribution is -2.15. The predicted molar refractivity (Wildman–Crippen MR) is 83.3 cm³/mol. The van der Waals surface area contributed by atoms with E-state index in [0.717, 1.165) is 5.56 Å². The van der Waals surface area contributed by atoms with Gasteiger partial charge in [-0.25, -0.2) is 8.42 Å². The highest BCUT2D eigenvalue weighted by Gasteiger charge is 2.13. The number of hydrogen-bond donors (Lipinski definition) is 2. The second-order valence-electron chi connectivity index (χ2n) is 4.59. The Morgan fingerprint density at radius 3 is 2.40 bits per heavy atom. The monoisotopic (exact) mass is 310 g/mol. The Balaban J connectivity index is 2.17. The van der Waals surface area contributed by atoms with Gasteiger partial charge < -0.3 is 5.73 Å². The predicted octanol–water partition coefficient (Wildman–Crippen LogP) is 3.17. The summed E-state index contributed by atoms with van der Waals surface area (Å²) >= 11 is 6.02. The summed E-state index contributed by atoms with van der Waals surface area (Å²) < 4.78 is 26.7. The van der Waals surface area contributed by atoms with Gasteiger partial charge in [-0.1, -0.05) is 29.8 Å². The normalized spacial score (nSPS) is 11.3. The van der Waals surface area contributed by atoms with Crippen LogP contribution in [0.4, 0.5) is 11.4 Å². The second-order valence-corrected chi connectivity index (χ2v) is 6.72. The Morgan fingerprint density at radius 1 is 1.15 bits per heavy atom. The number of rotatable bonds is 4. The molecule has 0 amide bonds. The topological polar surface area (TPSA) is 72.2 Å². The molecule has 4 nitrogen and oxygen atoms in total. The van der Waals surface area contributed by atoms with Crippen LogP contribution in [-0.4, -0.2) is 8.42 Å². The zero-order chi connectivity index (χ0) is 14.8. The van der Waals surface area contributed by atoms with Crippen LogP contribution in [0, 0.1) is 6.92 Å². The van der Waals surface area contributed by atoms with Gasteiger partial charge in [0.2, 0.25) is 10.0 Å². The standard InChI is InChI=1S/C14H15ClN2O2S/c1-10-2-7-14(13(15)8-10)17-20(18,19)9-11-3-5-12(16)6-4-11/h2-8,17H,9,16H2,1H3. The van der Waals surface area contributed by atoms with Crippen LogP contribution >= 0.6 is 11.6 Å². The van der Waals surface area contributed by atoms with E-state index in [9.17, 15) is 8.42 Å². The highest BCUT2D eigenvalue weighted by Crippen LogP contribution is 2.24. The van der Waals surface area contributed by atoms with E-state index in [1.54, 1.807) is 42.5 Å². The van der Waals surface area contributed by atoms with E-state index in [0.29, 0.717) is 22.0 Å². The lowest BCUT2D eigenvalue weighted by Gasteiger charge is -2.10. The first-order chi connectivity index (χ1) is 9.35. The van der Waals surface area contributed by atoms with Gasteiger partial charge in [-0.2, -0.15) is 0 Å². The molecule has 20 heavy (non-hydrogen) atoms. The van der Waals surface area contributed by atoms with Gasteiger partial charge in [0, 0.05) is 5.69 Å². The highest BCUT2D eigenvalue weighted by molar-refractivity contribution is 7.91. The number of halogens is 1. The molecular formula is C14H15ClN2O2S. The van der Waals surface area contributed by atoms with Crippen LogP contribution in [0.5, 0.6) is 0 Å². The number of nitrogens with two attached hydrogens (primary N) is 1. The average molecular weight is 311 g/mol. The maximum Gasteiger partial charge on any atom is 0.236 e. The largest absolute Gasteiger partial charge is 0.399 e. The molecule has 0 unspecified atom stereocenters. The van der Waals surface area contributed by atoms with E-state index in [2.05, 4.69) is 4.72 Å². The minimum atomic E-state index is -3.51. The Bertz CT molecular complexity index is 712. The Morgan fingerprint density at radius 2 is 1.80 bits per heavy atom. The second kappa shape index (κ2) is 5.73. The summed E-state index contributed by atoms with van der Waals surface area (Å²) in [6.45, 7) is 1.89. The number of aryl methyl sites for hydroxylation is 1. The number of nitrogens with one attached hydrogen (secondary N) is 1. The summed E-state index contributed by atoms with van der Waals surface area (Å²) in [6, 6.07) is 11.9. The number of nitrogen functional groups attached to an aromatic ring is 1. The van der Waals surface area contributed by atoms with Crippen LogP contribution in [0.1, 0.15) is 11.1 Å². The molecule has 0 bridgehead atoms. The number of hydrogen-bond acceptors (Lipinski definition) is 3. The molecule has 6 heteroatoms. The quantitative estimate of drug-likeness (QED) is 0.852. The zero-order valence-electron chi connectivity index (χ0n) is 10.9. The molecule has 0 saturated carbocycles. The molecule has 0 aromatic heterocycles. The summed E-state index contributed by atoms with van der Waals surface area (Å²) in [5.74, 6) is -0.127. The van der Waals surface area contributed by atoms with E-state index in [1.165, 1.54) is 0 Å². The molecule has 0 spiro atoms. The first-order valence-electron chi connectivity index (χ1n) is 5.97. The van der Waals surface area contributed by atoms with Crippen molar-refractivity contribution in [1.82, 2.24) is 0 Å². The van der Waals surface area contributed by atoms with Gasteiger partial charge in [0.1, 0.15) is 0 Å². The van der Waals surface area contributed by atoms with Crippen LogP contribution in [0.2, 0.25) is 5.02 Å². The van der Waals surface area contributed by atoms with Crippen molar-refractivity contribution < 1.29 is 8.42 Å². The van der Waals surface area contributed by atoms with E-state index in [1.807, 2.05) is 6.92 Å². The van der Waals surface area contributed by atoms with Gasteiger partial charge in [0.15, 0.2) is 0 Å². The lowest BCUT2D eigenvalue weighted by molar-refractivity contribution is 0.600. The molecule has 2 rings (SSSR count). The Labute approximate surface area is 123 Å². The first kappa shape index (κ1) is 14.7. The van der Waals surface area contributed by atoms with Gasteiger partial charge in [-0.15, -0.1) is 0 Å². The number of benzene rings is 2. The van der Waals surface area contributed by atoms with E-state index in [-0.39, 0.29) is 5.75 Å². The molecule has 2 aromatic carbocycles. The average Bonchev–Trinajstić information content (AvgIpc) is 2.35. The molecule has 0 fully saturated rings. The molecule has 0 heterocycles. The van der Waals surface area contributed by atoms with Crippen molar-refractivity contribution in [3.63, 3.8) is 0 Å². The highest BCUT2D eigenvalue weighted by atomic mass is 35.5. The van der Waals surface area contributed by atoms with Crippen molar-refractivity contribution in [2.24, 2.45) is 0 Å². The third-order valence-electron chi connectivity index (χ3n) is 2.73. The van der Waals surface area contributed by atoms with Gasteiger partial charge in [-0.3, -0.25) is 4.72 Å². The summed E-state index contributed by atoms with van der Waals surface area (Å²) in [4.78, 5) is 0. The van der Waals surface area contributed by atoms with Crippen molar-refractivity contribution in [3.8, 4) is 0 Å². The summed E-state index contributed by atoms with van der Waals surface area (Å²) in [6.07, 6.45) is 0. The van der Waals surface area contributed by atoms with Crippen molar-refractivity contribution in [2.45, 2.75) is 12.7 Å². The minimum Gasteiger partial charge on any atom is -0.399 e. The van der Waals surface area contributed by atoms with E-state index < -0.39 is 10.0 Å². The zero-order valence-corrected chi connectivity index (χ0v) is 12.5. The van der Waals surface area contributed by atoms with Crippen LogP contribution in [-0.2, 0) is 15.8 Å². The fourth-order valence-electron chi connectivity index (χ4n) is 1.74. The maximum atomic E-state index is 12.1. The third-order valence-corrected chi connectivity index (χ3v) is 4.28. The van der Waals surface area contributed by atoms with Gasteiger partial charge in [0.05, 0.1) is 16.5 Å². The molecule has 0 aliphatic rings. The van der Waals surface area contributed by atoms with Crippen LogP contribution in [0.3, 0.4) is 0 Å². The summed E-state index contributed by atoms with van der Waals surface area (Å²) in [5.41, 5.74) is 8.18. The first-order valence-corrected chi connectivity index (χ1v) is 8.00. The number of sulfonamides is 1. The summed E-state index contributed by atoms with van der Waals surface area (Å²) in [7, 11) is -3.51. The molecule has 0 saturated heterocycles. The van der Waals surface area contributed by atoms with Crippen molar-refractivity contribution in [3.05, 3.63) is 58.6 Å². The molecule has 0 radical (unpaired) electrons.